The molecule has 0 aromatic carbocycles. The number of nitriles is 1. The summed E-state index contributed by atoms with van der Waals surface area (Å²) in [7, 11) is 0. The first-order chi connectivity index (χ1) is 5.54. The van der Waals surface area contributed by atoms with Crippen LogP contribution >= 0.6 is 0 Å². The quantitative estimate of drug-likeness (QED) is 0.650. The summed E-state index contributed by atoms with van der Waals surface area (Å²) >= 11 is 0. The van der Waals surface area contributed by atoms with Crippen molar-refractivity contribution in [2.24, 2.45) is 10.8 Å². The van der Waals surface area contributed by atoms with Crippen molar-refractivity contribution in [3.8, 4) is 6.07 Å². The van der Waals surface area contributed by atoms with E-state index in [1.807, 2.05) is 0 Å². The standard InChI is InChI=1S/C10H17NO/c1-9(2)3-5-10(7-11,8-12)6-4-9/h12H,3-6,8H2,1-2H3. The van der Waals surface area contributed by atoms with Crippen molar-refractivity contribution in [2.75, 3.05) is 6.61 Å². The molecule has 2 heteroatoms. The smallest absolute Gasteiger partial charge is 0.0804 e. The zero-order chi connectivity index (χ0) is 9.24. The van der Waals surface area contributed by atoms with Crippen molar-refractivity contribution < 1.29 is 5.11 Å². The van der Waals surface area contributed by atoms with E-state index < -0.39 is 5.41 Å². The van der Waals surface area contributed by atoms with E-state index in [1.165, 1.54) is 0 Å². The molecule has 12 heavy (non-hydrogen) atoms. The van der Waals surface area contributed by atoms with Gasteiger partial charge in [0, 0.05) is 0 Å². The van der Waals surface area contributed by atoms with Gasteiger partial charge in [0.1, 0.15) is 0 Å². The highest BCUT2D eigenvalue weighted by molar-refractivity contribution is 5.02. The van der Waals surface area contributed by atoms with Gasteiger partial charge in [0.15, 0.2) is 0 Å². The normalized spacial score (nSPS) is 26.2. The molecule has 1 rings (SSSR count). The number of rotatable bonds is 1. The number of hydrogen-bond acceptors (Lipinski definition) is 2. The summed E-state index contributed by atoms with van der Waals surface area (Å²) in [5, 5.41) is 18.0. The Morgan fingerprint density at radius 1 is 1.25 bits per heavy atom. The van der Waals surface area contributed by atoms with Gasteiger partial charge in [-0.1, -0.05) is 13.8 Å². The van der Waals surface area contributed by atoms with Crippen molar-refractivity contribution >= 4 is 0 Å². The van der Waals surface area contributed by atoms with E-state index in [2.05, 4.69) is 19.9 Å². The fraction of sp³-hybridized carbons (Fsp3) is 0.900. The van der Waals surface area contributed by atoms with Crippen LogP contribution < -0.4 is 0 Å². The van der Waals surface area contributed by atoms with Gasteiger partial charge in [0.25, 0.3) is 0 Å². The van der Waals surface area contributed by atoms with Gasteiger partial charge in [-0.25, -0.2) is 0 Å². The van der Waals surface area contributed by atoms with Crippen LogP contribution in [-0.2, 0) is 0 Å². The molecule has 1 aliphatic carbocycles. The molecular weight excluding hydrogens is 150 g/mol. The second kappa shape index (κ2) is 3.06. The number of hydrogen-bond donors (Lipinski definition) is 1. The van der Waals surface area contributed by atoms with Crippen molar-refractivity contribution in [3.05, 3.63) is 0 Å². The molecule has 0 heterocycles. The minimum absolute atomic E-state index is 0.0274. The third-order valence-corrected chi connectivity index (χ3v) is 3.10. The lowest BCUT2D eigenvalue weighted by atomic mass is 9.66. The van der Waals surface area contributed by atoms with Crippen LogP contribution in [0.2, 0.25) is 0 Å². The Morgan fingerprint density at radius 3 is 2.08 bits per heavy atom. The van der Waals surface area contributed by atoms with Crippen molar-refractivity contribution in [1.82, 2.24) is 0 Å². The minimum Gasteiger partial charge on any atom is -0.395 e. The molecule has 0 saturated heterocycles. The van der Waals surface area contributed by atoms with Crippen molar-refractivity contribution in [2.45, 2.75) is 39.5 Å². The molecule has 0 radical (unpaired) electrons. The highest BCUT2D eigenvalue weighted by Gasteiger charge is 2.37. The SMILES string of the molecule is CC1(C)CCC(C#N)(CO)CC1. The molecule has 1 N–H and O–H groups in total. The van der Waals surface area contributed by atoms with Crippen LogP contribution in [0.5, 0.6) is 0 Å². The van der Waals surface area contributed by atoms with Crippen LogP contribution in [0.4, 0.5) is 0 Å². The number of aliphatic hydroxyl groups is 1. The monoisotopic (exact) mass is 167 g/mol. The molecule has 0 aliphatic heterocycles. The Morgan fingerprint density at radius 2 is 1.75 bits per heavy atom. The molecule has 0 atom stereocenters. The largest absolute Gasteiger partial charge is 0.395 e. The van der Waals surface area contributed by atoms with E-state index in [9.17, 15) is 0 Å². The fourth-order valence-corrected chi connectivity index (χ4v) is 1.71. The van der Waals surface area contributed by atoms with Crippen molar-refractivity contribution in [1.29, 1.82) is 5.26 Å². The summed E-state index contributed by atoms with van der Waals surface area (Å²) in [5.74, 6) is 0. The third-order valence-electron chi connectivity index (χ3n) is 3.10. The number of aliphatic hydroxyl groups excluding tert-OH is 1. The molecule has 0 unspecified atom stereocenters. The predicted molar refractivity (Wildman–Crippen MR) is 47.4 cm³/mol. The van der Waals surface area contributed by atoms with Crippen LogP contribution in [0, 0.1) is 22.2 Å². The summed E-state index contributed by atoms with van der Waals surface area (Å²) in [5.41, 5.74) is -0.0506. The second-order valence-corrected chi connectivity index (χ2v) is 4.71. The van der Waals surface area contributed by atoms with Gasteiger partial charge >= 0.3 is 0 Å². The lowest BCUT2D eigenvalue weighted by molar-refractivity contribution is 0.0835. The molecule has 0 spiro atoms. The maximum atomic E-state index is 9.09. The summed E-state index contributed by atoms with van der Waals surface area (Å²) in [4.78, 5) is 0. The molecule has 0 bridgehead atoms. The van der Waals surface area contributed by atoms with E-state index in [-0.39, 0.29) is 6.61 Å². The Labute approximate surface area is 74.2 Å². The van der Waals surface area contributed by atoms with E-state index in [1.54, 1.807) is 0 Å². The molecule has 0 aromatic rings. The van der Waals surface area contributed by atoms with Gasteiger partial charge in [-0.05, 0) is 31.1 Å². The van der Waals surface area contributed by atoms with Gasteiger partial charge in [-0.2, -0.15) is 5.26 Å². The summed E-state index contributed by atoms with van der Waals surface area (Å²) in [6, 6.07) is 2.25. The molecule has 0 amide bonds. The van der Waals surface area contributed by atoms with Gasteiger partial charge in [-0.15, -0.1) is 0 Å². The Kier molecular flexibility index (Phi) is 2.44. The van der Waals surface area contributed by atoms with Crippen LogP contribution in [0.25, 0.3) is 0 Å². The molecule has 1 fully saturated rings. The molecule has 1 saturated carbocycles. The van der Waals surface area contributed by atoms with Gasteiger partial charge in [-0.3, -0.25) is 0 Å². The van der Waals surface area contributed by atoms with Crippen LogP contribution in [0.1, 0.15) is 39.5 Å². The lowest BCUT2D eigenvalue weighted by Crippen LogP contribution is -2.32. The molecule has 0 aromatic heterocycles. The topological polar surface area (TPSA) is 44.0 Å². The first-order valence-corrected chi connectivity index (χ1v) is 4.56. The lowest BCUT2D eigenvalue weighted by Gasteiger charge is -2.38. The molecule has 1 aliphatic rings. The predicted octanol–water partition coefficient (Wildman–Crippen LogP) is 2.09. The zero-order valence-corrected chi connectivity index (χ0v) is 7.93. The average Bonchev–Trinajstić information content (AvgIpc) is 2.06. The highest BCUT2D eigenvalue weighted by atomic mass is 16.3. The number of nitrogens with zero attached hydrogens (tertiary/aromatic N) is 1. The first kappa shape index (κ1) is 9.54. The van der Waals surface area contributed by atoms with Crippen LogP contribution in [0.3, 0.4) is 0 Å². The van der Waals surface area contributed by atoms with E-state index >= 15 is 0 Å². The zero-order valence-electron chi connectivity index (χ0n) is 7.93. The van der Waals surface area contributed by atoms with Gasteiger partial charge < -0.3 is 5.11 Å². The maximum absolute atomic E-state index is 9.09. The van der Waals surface area contributed by atoms with E-state index in [0.29, 0.717) is 5.41 Å². The van der Waals surface area contributed by atoms with Crippen LogP contribution in [0.15, 0.2) is 0 Å². The minimum atomic E-state index is -0.421. The van der Waals surface area contributed by atoms with Crippen molar-refractivity contribution in [3.63, 3.8) is 0 Å². The first-order valence-electron chi connectivity index (χ1n) is 4.56. The Balaban J connectivity index is 2.61. The second-order valence-electron chi connectivity index (χ2n) is 4.71. The van der Waals surface area contributed by atoms with Crippen LogP contribution in [-0.4, -0.2) is 11.7 Å². The summed E-state index contributed by atoms with van der Waals surface area (Å²) in [6.45, 7) is 4.48. The van der Waals surface area contributed by atoms with E-state index in [4.69, 9.17) is 10.4 Å². The van der Waals surface area contributed by atoms with Gasteiger partial charge in [0.2, 0.25) is 0 Å². The summed E-state index contributed by atoms with van der Waals surface area (Å²) < 4.78 is 0. The fourth-order valence-electron chi connectivity index (χ4n) is 1.71. The molecule has 68 valence electrons. The Bertz CT molecular complexity index is 192. The average molecular weight is 167 g/mol. The maximum Gasteiger partial charge on any atom is 0.0804 e. The van der Waals surface area contributed by atoms with E-state index in [0.717, 1.165) is 25.7 Å². The molecular formula is C10H17NO. The highest BCUT2D eigenvalue weighted by Crippen LogP contribution is 2.44. The summed E-state index contributed by atoms with van der Waals surface area (Å²) in [6.07, 6.45) is 3.82. The Hall–Kier alpha value is -0.550. The van der Waals surface area contributed by atoms with Gasteiger partial charge in [0.05, 0.1) is 18.1 Å². The third kappa shape index (κ3) is 1.78. The molecule has 2 nitrogen and oxygen atoms in total.